The number of aryl methyl sites for hydroxylation is 2. The van der Waals surface area contributed by atoms with Crippen LogP contribution < -0.4 is 24.3 Å². The second-order valence-corrected chi connectivity index (χ2v) is 6.59. The average Bonchev–Trinajstić information content (AvgIpc) is 3.11. The Hall–Kier alpha value is -3.68. The summed E-state index contributed by atoms with van der Waals surface area (Å²) in [6.07, 6.45) is 0. The van der Waals surface area contributed by atoms with Gasteiger partial charge in [0.05, 0.1) is 21.3 Å². The molecule has 8 nitrogen and oxygen atoms in total. The molecule has 8 heteroatoms. The molecule has 1 aromatic heterocycles. The maximum absolute atomic E-state index is 12.5. The number of anilines is 1. The Morgan fingerprint density at radius 1 is 1.00 bits per heavy atom. The Kier molecular flexibility index (Phi) is 6.46. The Morgan fingerprint density at radius 2 is 1.67 bits per heavy atom. The van der Waals surface area contributed by atoms with Crippen LogP contribution in [0.3, 0.4) is 0 Å². The molecule has 158 valence electrons. The average molecular weight is 411 g/mol. The van der Waals surface area contributed by atoms with Crippen LogP contribution in [0.25, 0.3) is 11.1 Å². The zero-order valence-corrected chi connectivity index (χ0v) is 17.7. The van der Waals surface area contributed by atoms with E-state index in [0.717, 1.165) is 22.4 Å². The molecule has 0 bridgehead atoms. The number of H-pyrrole nitrogens is 1. The number of methoxy groups -OCH3 is 3. The zero-order valence-electron chi connectivity index (χ0n) is 17.7. The zero-order chi connectivity index (χ0) is 21.7. The molecule has 0 unspecified atom stereocenters. The molecule has 0 fully saturated rings. The first kappa shape index (κ1) is 21.0. The van der Waals surface area contributed by atoms with Crippen LogP contribution in [0.5, 0.6) is 23.0 Å². The minimum absolute atomic E-state index is 0.133. The van der Waals surface area contributed by atoms with Gasteiger partial charge in [0.1, 0.15) is 5.75 Å². The topological polar surface area (TPSA) is 94.7 Å². The highest BCUT2D eigenvalue weighted by molar-refractivity contribution is 5.95. The molecule has 1 amide bonds. The van der Waals surface area contributed by atoms with Crippen molar-refractivity contribution in [1.82, 2.24) is 10.2 Å². The number of nitrogens with one attached hydrogen (secondary N) is 2. The van der Waals surface area contributed by atoms with Crippen LogP contribution in [0.2, 0.25) is 0 Å². The van der Waals surface area contributed by atoms with Crippen molar-refractivity contribution >= 4 is 11.7 Å². The maximum atomic E-state index is 12.5. The van der Waals surface area contributed by atoms with E-state index >= 15 is 0 Å². The van der Waals surface area contributed by atoms with E-state index in [1.807, 2.05) is 38.1 Å². The quantitative estimate of drug-likeness (QED) is 0.586. The van der Waals surface area contributed by atoms with E-state index < -0.39 is 0 Å². The lowest BCUT2D eigenvalue weighted by Gasteiger charge is -2.15. The lowest BCUT2D eigenvalue weighted by Crippen LogP contribution is -2.21. The van der Waals surface area contributed by atoms with Gasteiger partial charge < -0.3 is 24.3 Å². The van der Waals surface area contributed by atoms with E-state index in [1.54, 1.807) is 33.5 Å². The maximum Gasteiger partial charge on any atom is 0.263 e. The fourth-order valence-corrected chi connectivity index (χ4v) is 3.13. The molecule has 2 N–H and O–H groups in total. The van der Waals surface area contributed by atoms with Crippen molar-refractivity contribution in [3.8, 4) is 34.1 Å². The SMILES string of the molecule is COc1cc(-c2c(NC(=O)COc3ccccc3C)n[nH]c2C)cc(OC)c1OC. The first-order valence-corrected chi connectivity index (χ1v) is 9.32. The fourth-order valence-electron chi connectivity index (χ4n) is 3.13. The normalized spacial score (nSPS) is 10.4. The molecule has 30 heavy (non-hydrogen) atoms. The van der Waals surface area contributed by atoms with Gasteiger partial charge in [0, 0.05) is 11.3 Å². The summed E-state index contributed by atoms with van der Waals surface area (Å²) in [4.78, 5) is 12.5. The van der Waals surface area contributed by atoms with Crippen LogP contribution in [0.4, 0.5) is 5.82 Å². The molecule has 0 aliphatic carbocycles. The molecule has 0 radical (unpaired) electrons. The van der Waals surface area contributed by atoms with Gasteiger partial charge in [-0.1, -0.05) is 18.2 Å². The van der Waals surface area contributed by atoms with E-state index in [0.29, 0.717) is 28.8 Å². The van der Waals surface area contributed by atoms with Gasteiger partial charge in [0.15, 0.2) is 23.9 Å². The van der Waals surface area contributed by atoms with Gasteiger partial charge in [-0.2, -0.15) is 5.10 Å². The first-order valence-electron chi connectivity index (χ1n) is 9.32. The molecule has 1 heterocycles. The number of aromatic amines is 1. The lowest BCUT2D eigenvalue weighted by molar-refractivity contribution is -0.118. The summed E-state index contributed by atoms with van der Waals surface area (Å²) in [6.45, 7) is 3.66. The minimum Gasteiger partial charge on any atom is -0.493 e. The molecule has 0 aliphatic heterocycles. The molecule has 0 saturated heterocycles. The van der Waals surface area contributed by atoms with Crippen molar-refractivity contribution in [3.63, 3.8) is 0 Å². The Labute approximate surface area is 175 Å². The molecule has 0 atom stereocenters. The van der Waals surface area contributed by atoms with Crippen molar-refractivity contribution in [1.29, 1.82) is 0 Å². The van der Waals surface area contributed by atoms with Crippen LogP contribution in [0.15, 0.2) is 36.4 Å². The number of para-hydroxylation sites is 1. The number of hydrogen-bond acceptors (Lipinski definition) is 6. The van der Waals surface area contributed by atoms with Crippen molar-refractivity contribution in [3.05, 3.63) is 47.7 Å². The van der Waals surface area contributed by atoms with E-state index in [2.05, 4.69) is 15.5 Å². The number of ether oxygens (including phenoxy) is 4. The summed E-state index contributed by atoms with van der Waals surface area (Å²) < 4.78 is 21.9. The van der Waals surface area contributed by atoms with Crippen molar-refractivity contribution in [2.45, 2.75) is 13.8 Å². The molecule has 0 aliphatic rings. The number of amides is 1. The molecule has 0 saturated carbocycles. The number of hydrogen-bond donors (Lipinski definition) is 2. The largest absolute Gasteiger partial charge is 0.493 e. The molecule has 0 spiro atoms. The summed E-state index contributed by atoms with van der Waals surface area (Å²) in [5.74, 6) is 2.23. The monoisotopic (exact) mass is 411 g/mol. The van der Waals surface area contributed by atoms with E-state index in [1.165, 1.54) is 0 Å². The summed E-state index contributed by atoms with van der Waals surface area (Å²) in [5.41, 5.74) is 3.21. The Balaban J connectivity index is 1.85. The molecule has 2 aromatic carbocycles. The van der Waals surface area contributed by atoms with E-state index in [-0.39, 0.29) is 12.5 Å². The van der Waals surface area contributed by atoms with Crippen LogP contribution in [0, 0.1) is 13.8 Å². The second kappa shape index (κ2) is 9.21. The third-order valence-electron chi connectivity index (χ3n) is 4.61. The van der Waals surface area contributed by atoms with Gasteiger partial charge in [0.25, 0.3) is 5.91 Å². The molecular weight excluding hydrogens is 386 g/mol. The van der Waals surface area contributed by atoms with Gasteiger partial charge in [0.2, 0.25) is 5.75 Å². The third-order valence-corrected chi connectivity index (χ3v) is 4.61. The number of nitrogens with zero attached hydrogens (tertiary/aromatic N) is 1. The standard InChI is InChI=1S/C22H25N3O5/c1-13-8-6-7-9-16(13)30-12-19(26)23-22-20(14(2)24-25-22)15-10-17(27-3)21(29-5)18(11-15)28-4/h6-11H,12H2,1-5H3,(H2,23,24,25,26). The van der Waals surface area contributed by atoms with E-state index in [4.69, 9.17) is 18.9 Å². The minimum atomic E-state index is -0.321. The number of carbonyl (C=O) groups is 1. The highest BCUT2D eigenvalue weighted by atomic mass is 16.5. The van der Waals surface area contributed by atoms with E-state index in [9.17, 15) is 4.79 Å². The van der Waals surface area contributed by atoms with Gasteiger partial charge >= 0.3 is 0 Å². The van der Waals surface area contributed by atoms with Gasteiger partial charge in [-0.3, -0.25) is 9.89 Å². The first-order chi connectivity index (χ1) is 14.5. The lowest BCUT2D eigenvalue weighted by atomic mass is 10.0. The van der Waals surface area contributed by atoms with Crippen molar-refractivity contribution in [2.24, 2.45) is 0 Å². The van der Waals surface area contributed by atoms with Crippen LogP contribution >= 0.6 is 0 Å². The van der Waals surface area contributed by atoms with Crippen molar-refractivity contribution in [2.75, 3.05) is 33.3 Å². The van der Waals surface area contributed by atoms with Crippen molar-refractivity contribution < 1.29 is 23.7 Å². The molecule has 3 aromatic rings. The number of carbonyl (C=O) groups excluding carboxylic acids is 1. The smallest absolute Gasteiger partial charge is 0.263 e. The molecular formula is C22H25N3O5. The van der Waals surface area contributed by atoms with Gasteiger partial charge in [-0.25, -0.2) is 0 Å². The summed E-state index contributed by atoms with van der Waals surface area (Å²) in [5, 5.41) is 9.95. The predicted molar refractivity (Wildman–Crippen MR) is 114 cm³/mol. The van der Waals surface area contributed by atoms with Crippen LogP contribution in [-0.4, -0.2) is 44.0 Å². The third kappa shape index (κ3) is 4.32. The molecule has 3 rings (SSSR count). The second-order valence-electron chi connectivity index (χ2n) is 6.59. The van der Waals surface area contributed by atoms with Gasteiger partial charge in [-0.05, 0) is 43.2 Å². The number of rotatable bonds is 8. The fraction of sp³-hybridized carbons (Fsp3) is 0.273. The van der Waals surface area contributed by atoms with Gasteiger partial charge in [-0.15, -0.1) is 0 Å². The summed E-state index contributed by atoms with van der Waals surface area (Å²) in [7, 11) is 4.65. The van der Waals surface area contributed by atoms with Crippen LogP contribution in [-0.2, 0) is 4.79 Å². The number of aromatic nitrogens is 2. The number of benzene rings is 2. The summed E-state index contributed by atoms with van der Waals surface area (Å²) >= 11 is 0. The highest BCUT2D eigenvalue weighted by Gasteiger charge is 2.20. The predicted octanol–water partition coefficient (Wildman–Crippen LogP) is 3.74. The van der Waals surface area contributed by atoms with Crippen LogP contribution in [0.1, 0.15) is 11.3 Å². The highest BCUT2D eigenvalue weighted by Crippen LogP contribution is 2.43. The Bertz CT molecular complexity index is 1020. The summed E-state index contributed by atoms with van der Waals surface area (Å²) in [6, 6.07) is 11.1. The Morgan fingerprint density at radius 3 is 2.27 bits per heavy atom.